The van der Waals surface area contributed by atoms with Crippen molar-refractivity contribution >= 4 is 17.6 Å². The quantitative estimate of drug-likeness (QED) is 0.683. The molecule has 1 aliphatic carbocycles. The first kappa shape index (κ1) is 18.4. The Balaban J connectivity index is 1.98. The van der Waals surface area contributed by atoms with Crippen molar-refractivity contribution in [2.75, 3.05) is 0 Å². The molecule has 1 radical (unpaired) electrons. The van der Waals surface area contributed by atoms with Gasteiger partial charge in [-0.15, -0.1) is 10.3 Å². The maximum Gasteiger partial charge on any atom is 0.343 e. The van der Waals surface area contributed by atoms with Crippen LogP contribution in [0.4, 0.5) is 0 Å². The van der Waals surface area contributed by atoms with Crippen molar-refractivity contribution in [1.29, 1.82) is 0 Å². The van der Waals surface area contributed by atoms with Gasteiger partial charge in [-0.2, -0.15) is 0 Å². The minimum absolute atomic E-state index is 0.114. The van der Waals surface area contributed by atoms with E-state index >= 15 is 0 Å². The van der Waals surface area contributed by atoms with E-state index in [0.29, 0.717) is 29.2 Å². The third kappa shape index (κ3) is 3.23. The summed E-state index contributed by atoms with van der Waals surface area (Å²) < 4.78 is 5.81. The van der Waals surface area contributed by atoms with Crippen LogP contribution in [-0.2, 0) is 9.94 Å². The molecule has 25 heavy (non-hydrogen) atoms. The molecule has 5 heteroatoms. The molecule has 0 saturated carbocycles. The number of hydrogen-bond acceptors (Lipinski definition) is 3. The van der Waals surface area contributed by atoms with Gasteiger partial charge >= 0.3 is 5.97 Å². The van der Waals surface area contributed by atoms with Crippen LogP contribution in [0.5, 0.6) is 0 Å². The van der Waals surface area contributed by atoms with Gasteiger partial charge in [-0.05, 0) is 68.9 Å². The summed E-state index contributed by atoms with van der Waals surface area (Å²) in [6.07, 6.45) is 2.03. The molecular formula is C20H25ClNO3. The summed E-state index contributed by atoms with van der Waals surface area (Å²) in [5, 5.41) is 14.7. The Bertz CT molecular complexity index is 736. The fourth-order valence-corrected chi connectivity index (χ4v) is 4.58. The van der Waals surface area contributed by atoms with Gasteiger partial charge in [0.05, 0.1) is 11.1 Å². The predicted molar refractivity (Wildman–Crippen MR) is 96.5 cm³/mol. The molecule has 1 saturated heterocycles. The number of benzene rings is 1. The lowest BCUT2D eigenvalue weighted by Gasteiger charge is -2.44. The van der Waals surface area contributed by atoms with Crippen molar-refractivity contribution < 1.29 is 14.7 Å². The lowest BCUT2D eigenvalue weighted by molar-refractivity contribution is -0.251. The number of hydroxylamine groups is 2. The second-order valence-electron chi connectivity index (χ2n) is 8.87. The van der Waals surface area contributed by atoms with Crippen LogP contribution in [0.15, 0.2) is 35.6 Å². The van der Waals surface area contributed by atoms with E-state index in [-0.39, 0.29) is 5.41 Å². The Morgan fingerprint density at radius 1 is 1.08 bits per heavy atom. The zero-order valence-corrected chi connectivity index (χ0v) is 16.2. The molecule has 1 aromatic rings. The molecule has 0 spiro atoms. The molecule has 1 aromatic carbocycles. The number of fused-ring (bicyclic) bond motifs is 1. The Kier molecular flexibility index (Phi) is 4.30. The summed E-state index contributed by atoms with van der Waals surface area (Å²) in [4.78, 5) is 12.6. The summed E-state index contributed by atoms with van der Waals surface area (Å²) in [5.74, 6) is 0.256. The van der Waals surface area contributed by atoms with Gasteiger partial charge in [0.1, 0.15) is 5.76 Å². The molecule has 0 N–H and O–H groups in total. The Labute approximate surface area is 154 Å². The molecule has 4 nitrogen and oxygen atoms in total. The second-order valence-corrected chi connectivity index (χ2v) is 9.31. The third-order valence-corrected chi connectivity index (χ3v) is 5.60. The average Bonchev–Trinajstić information content (AvgIpc) is 2.67. The van der Waals surface area contributed by atoms with E-state index in [2.05, 4.69) is 13.8 Å². The lowest BCUT2D eigenvalue weighted by atomic mass is 9.68. The van der Waals surface area contributed by atoms with Crippen LogP contribution in [0.3, 0.4) is 0 Å². The number of ether oxygens (including phenoxy) is 1. The molecule has 135 valence electrons. The number of esters is 1. The van der Waals surface area contributed by atoms with Crippen LogP contribution in [0.25, 0.3) is 0 Å². The number of nitrogens with zero attached hydrogens (tertiary/aromatic N) is 1. The fraction of sp³-hybridized carbons (Fsp3) is 0.550. The SMILES string of the molecule is CC1(C)CC(OC(=O)c2ccc(Cl)cc2)=C2CC(C)(C)N([O])C2(C)C1. The van der Waals surface area contributed by atoms with Gasteiger partial charge in [-0.1, -0.05) is 25.4 Å². The van der Waals surface area contributed by atoms with Crippen molar-refractivity contribution in [3.63, 3.8) is 0 Å². The third-order valence-electron chi connectivity index (χ3n) is 5.35. The van der Waals surface area contributed by atoms with Crippen LogP contribution < -0.4 is 0 Å². The van der Waals surface area contributed by atoms with Gasteiger partial charge in [-0.25, -0.2) is 4.79 Å². The highest BCUT2D eigenvalue weighted by atomic mass is 35.5. The first-order valence-electron chi connectivity index (χ1n) is 8.62. The van der Waals surface area contributed by atoms with E-state index in [4.69, 9.17) is 16.3 Å². The van der Waals surface area contributed by atoms with Crippen LogP contribution >= 0.6 is 11.6 Å². The van der Waals surface area contributed by atoms with Crippen molar-refractivity contribution in [2.45, 2.75) is 65.0 Å². The van der Waals surface area contributed by atoms with Gasteiger partial charge in [0.15, 0.2) is 0 Å². The predicted octanol–water partition coefficient (Wildman–Crippen LogP) is 5.16. The summed E-state index contributed by atoms with van der Waals surface area (Å²) >= 11 is 5.88. The van der Waals surface area contributed by atoms with Crippen molar-refractivity contribution in [3.05, 3.63) is 46.2 Å². The maximum absolute atomic E-state index is 12.9. The number of carbonyl (C=O) groups excluding carboxylic acids is 1. The van der Waals surface area contributed by atoms with Crippen LogP contribution in [0, 0.1) is 5.41 Å². The van der Waals surface area contributed by atoms with E-state index < -0.39 is 17.0 Å². The average molecular weight is 363 g/mol. The number of halogens is 1. The summed E-state index contributed by atoms with van der Waals surface area (Å²) in [5.41, 5.74) is 0.188. The van der Waals surface area contributed by atoms with E-state index in [0.717, 1.165) is 12.0 Å². The van der Waals surface area contributed by atoms with Crippen molar-refractivity contribution in [1.82, 2.24) is 5.06 Å². The first-order valence-corrected chi connectivity index (χ1v) is 9.00. The van der Waals surface area contributed by atoms with E-state index in [9.17, 15) is 10.0 Å². The van der Waals surface area contributed by atoms with Gasteiger partial charge in [0.25, 0.3) is 0 Å². The summed E-state index contributed by atoms with van der Waals surface area (Å²) in [6, 6.07) is 6.65. The number of allylic oxidation sites excluding steroid dienone is 1. The molecule has 2 aliphatic rings. The lowest BCUT2D eigenvalue weighted by Crippen LogP contribution is -2.50. The highest BCUT2D eigenvalue weighted by molar-refractivity contribution is 6.30. The topological polar surface area (TPSA) is 49.4 Å². The molecular weight excluding hydrogens is 338 g/mol. The fourth-order valence-electron chi connectivity index (χ4n) is 4.45. The highest BCUT2D eigenvalue weighted by Crippen LogP contribution is 2.55. The van der Waals surface area contributed by atoms with Gasteiger partial charge in [0.2, 0.25) is 0 Å². The minimum Gasteiger partial charge on any atom is -0.427 e. The normalized spacial score (nSPS) is 28.0. The maximum atomic E-state index is 12.9. The Morgan fingerprint density at radius 3 is 2.28 bits per heavy atom. The molecule has 1 atom stereocenters. The van der Waals surface area contributed by atoms with Gasteiger partial charge in [-0.3, -0.25) is 0 Å². The minimum atomic E-state index is -0.624. The largest absolute Gasteiger partial charge is 0.427 e. The summed E-state index contributed by atoms with van der Waals surface area (Å²) in [6.45, 7) is 10.1. The van der Waals surface area contributed by atoms with Crippen molar-refractivity contribution in [2.24, 2.45) is 5.41 Å². The molecule has 0 amide bonds. The summed E-state index contributed by atoms with van der Waals surface area (Å²) in [7, 11) is 0. The molecule has 1 unspecified atom stereocenters. The van der Waals surface area contributed by atoms with Crippen LogP contribution in [-0.4, -0.2) is 22.1 Å². The Hall–Kier alpha value is -1.36. The van der Waals surface area contributed by atoms with Crippen LogP contribution in [0.2, 0.25) is 5.02 Å². The first-order chi connectivity index (χ1) is 11.4. The zero-order chi connectivity index (χ0) is 18.6. The Morgan fingerprint density at radius 2 is 1.68 bits per heavy atom. The molecule has 0 aromatic heterocycles. The molecule has 1 heterocycles. The van der Waals surface area contributed by atoms with Crippen molar-refractivity contribution in [3.8, 4) is 0 Å². The standard InChI is InChI=1S/C20H25ClNO3/c1-18(2)11-16(25-17(23)13-6-8-14(21)9-7-13)15-10-19(3,4)22(24)20(15,5)12-18/h6-9H,10-12H2,1-5H3. The van der Waals surface area contributed by atoms with Gasteiger partial charge < -0.3 is 4.74 Å². The molecule has 1 fully saturated rings. The monoisotopic (exact) mass is 362 g/mol. The number of rotatable bonds is 2. The van der Waals surface area contributed by atoms with E-state index in [1.807, 2.05) is 20.8 Å². The smallest absolute Gasteiger partial charge is 0.343 e. The number of carbonyl (C=O) groups is 1. The molecule has 3 rings (SSSR count). The molecule has 0 bridgehead atoms. The number of hydrogen-bond donors (Lipinski definition) is 0. The van der Waals surface area contributed by atoms with E-state index in [1.54, 1.807) is 24.3 Å². The van der Waals surface area contributed by atoms with Crippen LogP contribution in [0.1, 0.15) is 64.2 Å². The zero-order valence-electron chi connectivity index (χ0n) is 15.5. The second kappa shape index (κ2) is 5.83. The molecule has 1 aliphatic heterocycles. The highest BCUT2D eigenvalue weighted by Gasteiger charge is 2.57. The van der Waals surface area contributed by atoms with E-state index in [1.165, 1.54) is 5.06 Å². The van der Waals surface area contributed by atoms with Gasteiger partial charge in [0, 0.05) is 17.0 Å².